The van der Waals surface area contributed by atoms with E-state index in [2.05, 4.69) is 22.5 Å². The molecule has 0 amide bonds. The predicted molar refractivity (Wildman–Crippen MR) is 90.1 cm³/mol. The maximum atomic E-state index is 11.0. The van der Waals surface area contributed by atoms with Gasteiger partial charge in [0.05, 0.1) is 11.6 Å². The average Bonchev–Trinajstić information content (AvgIpc) is 2.60. The van der Waals surface area contributed by atoms with E-state index in [4.69, 9.17) is 0 Å². The molecule has 3 saturated heterocycles. The Morgan fingerprint density at radius 3 is 2.96 bits per heavy atom. The van der Waals surface area contributed by atoms with Gasteiger partial charge in [-0.1, -0.05) is 6.08 Å². The summed E-state index contributed by atoms with van der Waals surface area (Å²) in [6.07, 6.45) is 5.44. The maximum absolute atomic E-state index is 11.0. The minimum Gasteiger partial charge on any atom is -0.508 e. The van der Waals surface area contributed by atoms with Gasteiger partial charge < -0.3 is 10.2 Å². The Labute approximate surface area is 136 Å². The molecule has 23 heavy (non-hydrogen) atoms. The van der Waals surface area contributed by atoms with Crippen LogP contribution >= 0.6 is 0 Å². The van der Waals surface area contributed by atoms with E-state index in [1.165, 1.54) is 6.42 Å². The molecule has 0 aliphatic carbocycles. The van der Waals surface area contributed by atoms with Crippen molar-refractivity contribution in [1.82, 2.24) is 9.88 Å². The molecule has 2 N–H and O–H groups in total. The molecule has 0 saturated carbocycles. The molecule has 2 unspecified atom stereocenters. The Hall–Kier alpha value is -1.91. The summed E-state index contributed by atoms with van der Waals surface area (Å²) in [6.45, 7) is 5.99. The smallest absolute Gasteiger partial charge is 0.116 e. The summed E-state index contributed by atoms with van der Waals surface area (Å²) in [4.78, 5) is 6.73. The van der Waals surface area contributed by atoms with Gasteiger partial charge in [0.15, 0.2) is 0 Å². The highest BCUT2D eigenvalue weighted by atomic mass is 16.3. The summed E-state index contributed by atoms with van der Waals surface area (Å²) in [5.41, 5.74) is 1.66. The normalized spacial score (nSPS) is 31.2. The number of aliphatic hydroxyl groups excluding tert-OH is 1. The molecular formula is C19H22N2O2. The van der Waals surface area contributed by atoms with Crippen molar-refractivity contribution in [3.63, 3.8) is 0 Å². The number of rotatable bonds is 3. The summed E-state index contributed by atoms with van der Waals surface area (Å²) < 4.78 is 0. The second-order valence-corrected chi connectivity index (χ2v) is 6.79. The number of fused-ring (bicyclic) bond motifs is 4. The van der Waals surface area contributed by atoms with E-state index >= 15 is 0 Å². The molecule has 120 valence electrons. The van der Waals surface area contributed by atoms with Crippen molar-refractivity contribution < 1.29 is 10.2 Å². The van der Waals surface area contributed by atoms with Gasteiger partial charge in [-0.3, -0.25) is 9.88 Å². The van der Waals surface area contributed by atoms with Crippen molar-refractivity contribution in [2.75, 3.05) is 13.1 Å². The zero-order valence-electron chi connectivity index (χ0n) is 13.1. The lowest BCUT2D eigenvalue weighted by molar-refractivity contribution is -0.0444. The molecule has 1 aromatic heterocycles. The fourth-order valence-electron chi connectivity index (χ4n) is 4.33. The van der Waals surface area contributed by atoms with E-state index in [-0.39, 0.29) is 11.8 Å². The van der Waals surface area contributed by atoms with Crippen LogP contribution in [0.15, 0.2) is 43.1 Å². The standard InChI is InChI=1S/C19H22N2O2/c1-2-12-11-21-8-6-13(12)9-18(21)19(23)15-5-7-20-17-4-3-14(22)10-16(15)17/h2-5,7,10,12-13,18-19,22-23H,1,6,8-9,11H2/t12-,13-,18-,19?/m0/s1. The minimum atomic E-state index is -0.559. The summed E-state index contributed by atoms with van der Waals surface area (Å²) in [5.74, 6) is 1.38. The van der Waals surface area contributed by atoms with Crippen LogP contribution in [0.3, 0.4) is 0 Å². The molecule has 2 bridgehead atoms. The van der Waals surface area contributed by atoms with Gasteiger partial charge in [-0.25, -0.2) is 0 Å². The molecule has 3 aliphatic rings. The van der Waals surface area contributed by atoms with Crippen LogP contribution < -0.4 is 0 Å². The van der Waals surface area contributed by atoms with E-state index in [1.54, 1.807) is 24.4 Å². The highest BCUT2D eigenvalue weighted by Gasteiger charge is 2.42. The van der Waals surface area contributed by atoms with E-state index in [1.807, 2.05) is 6.07 Å². The summed E-state index contributed by atoms with van der Waals surface area (Å²) in [6, 6.07) is 7.14. The molecule has 5 atom stereocenters. The number of benzene rings is 1. The fraction of sp³-hybridized carbons (Fsp3) is 0.421. The highest BCUT2D eigenvalue weighted by Crippen LogP contribution is 2.42. The summed E-state index contributed by atoms with van der Waals surface area (Å²) in [5, 5.41) is 21.7. The van der Waals surface area contributed by atoms with Crippen molar-refractivity contribution in [1.29, 1.82) is 0 Å². The van der Waals surface area contributed by atoms with Crippen LogP contribution in [-0.2, 0) is 0 Å². The van der Waals surface area contributed by atoms with Crippen molar-refractivity contribution in [3.8, 4) is 5.75 Å². The third kappa shape index (κ3) is 2.42. The molecule has 5 rings (SSSR count). The van der Waals surface area contributed by atoms with E-state index < -0.39 is 6.10 Å². The van der Waals surface area contributed by atoms with Gasteiger partial charge in [-0.05, 0) is 61.1 Å². The second kappa shape index (κ2) is 5.62. The van der Waals surface area contributed by atoms with Gasteiger partial charge in [-0.15, -0.1) is 6.58 Å². The maximum Gasteiger partial charge on any atom is 0.116 e. The van der Waals surface area contributed by atoms with Gasteiger partial charge in [0.25, 0.3) is 0 Å². The van der Waals surface area contributed by atoms with Crippen LogP contribution in [0.1, 0.15) is 24.5 Å². The van der Waals surface area contributed by atoms with Crippen molar-refractivity contribution in [2.45, 2.75) is 25.0 Å². The number of aliphatic hydroxyl groups is 1. The van der Waals surface area contributed by atoms with Crippen LogP contribution in [0, 0.1) is 11.8 Å². The van der Waals surface area contributed by atoms with E-state index in [0.717, 1.165) is 36.0 Å². The SMILES string of the molecule is C=C[C@H]1CN2CC[C@H]1C[C@H]2C(O)c1ccnc2ccc(O)cc12. The Morgan fingerprint density at radius 2 is 2.22 bits per heavy atom. The van der Waals surface area contributed by atoms with Crippen LogP contribution in [0.25, 0.3) is 10.9 Å². The van der Waals surface area contributed by atoms with Crippen LogP contribution in [0.4, 0.5) is 0 Å². The molecule has 0 radical (unpaired) electrons. The number of piperidine rings is 3. The molecule has 1 aromatic carbocycles. The number of hydrogen-bond donors (Lipinski definition) is 2. The lowest BCUT2D eigenvalue weighted by Gasteiger charge is -2.50. The first-order chi connectivity index (χ1) is 11.2. The molecule has 4 heterocycles. The molecule has 3 fully saturated rings. The first-order valence-electron chi connectivity index (χ1n) is 8.29. The topological polar surface area (TPSA) is 56.6 Å². The van der Waals surface area contributed by atoms with Crippen LogP contribution in [-0.4, -0.2) is 39.2 Å². The first kappa shape index (κ1) is 14.7. The minimum absolute atomic E-state index is 0.137. The van der Waals surface area contributed by atoms with Gasteiger partial charge >= 0.3 is 0 Å². The van der Waals surface area contributed by atoms with Crippen LogP contribution in [0.5, 0.6) is 5.75 Å². The number of pyridine rings is 1. The number of nitrogens with zero attached hydrogens (tertiary/aromatic N) is 2. The van der Waals surface area contributed by atoms with E-state index in [0.29, 0.717) is 11.8 Å². The molecule has 0 spiro atoms. The fourth-order valence-corrected chi connectivity index (χ4v) is 4.33. The lowest BCUT2D eigenvalue weighted by atomic mass is 9.73. The zero-order chi connectivity index (χ0) is 16.0. The molecule has 2 aromatic rings. The first-order valence-corrected chi connectivity index (χ1v) is 8.29. The number of aromatic nitrogens is 1. The Kier molecular flexibility index (Phi) is 3.58. The molecule has 3 aliphatic heterocycles. The monoisotopic (exact) mass is 310 g/mol. The third-order valence-electron chi connectivity index (χ3n) is 5.60. The molecular weight excluding hydrogens is 288 g/mol. The Balaban J connectivity index is 1.69. The summed E-state index contributed by atoms with van der Waals surface area (Å²) in [7, 11) is 0. The van der Waals surface area contributed by atoms with Crippen molar-refractivity contribution in [2.24, 2.45) is 11.8 Å². The Morgan fingerprint density at radius 1 is 1.35 bits per heavy atom. The van der Waals surface area contributed by atoms with Gasteiger partial charge in [0, 0.05) is 24.2 Å². The number of phenols is 1. The second-order valence-electron chi connectivity index (χ2n) is 6.79. The third-order valence-corrected chi connectivity index (χ3v) is 5.60. The number of hydrogen-bond acceptors (Lipinski definition) is 4. The number of aromatic hydroxyl groups is 1. The van der Waals surface area contributed by atoms with Crippen molar-refractivity contribution >= 4 is 10.9 Å². The number of phenolic OH excluding ortho intramolecular Hbond substituents is 1. The van der Waals surface area contributed by atoms with Gasteiger partial charge in [-0.2, -0.15) is 0 Å². The molecule has 4 heteroatoms. The highest BCUT2D eigenvalue weighted by molar-refractivity contribution is 5.83. The van der Waals surface area contributed by atoms with Gasteiger partial charge in [0.1, 0.15) is 5.75 Å². The quantitative estimate of drug-likeness (QED) is 0.856. The molecule has 4 nitrogen and oxygen atoms in total. The predicted octanol–water partition coefficient (Wildman–Crippen LogP) is 2.87. The van der Waals surface area contributed by atoms with Gasteiger partial charge in [0.2, 0.25) is 0 Å². The Bertz CT molecular complexity index is 745. The summed E-state index contributed by atoms with van der Waals surface area (Å²) >= 11 is 0. The largest absolute Gasteiger partial charge is 0.508 e. The van der Waals surface area contributed by atoms with E-state index in [9.17, 15) is 10.2 Å². The zero-order valence-corrected chi connectivity index (χ0v) is 13.1. The van der Waals surface area contributed by atoms with Crippen molar-refractivity contribution in [3.05, 3.63) is 48.7 Å². The lowest BCUT2D eigenvalue weighted by Crippen LogP contribution is -2.54. The average molecular weight is 310 g/mol. The van der Waals surface area contributed by atoms with Crippen LogP contribution in [0.2, 0.25) is 0 Å².